The summed E-state index contributed by atoms with van der Waals surface area (Å²) in [4.78, 5) is 10.7. The SMILES string of the molecule is CC(=CC(=O)O)Cc1ccc2c(ccn2Cc2ccc(C(F)(F)F)cc2)c1. The largest absolute Gasteiger partial charge is 0.478 e. The second-order valence-corrected chi connectivity index (χ2v) is 6.54. The van der Waals surface area contributed by atoms with Gasteiger partial charge in [-0.2, -0.15) is 13.2 Å². The molecule has 0 aliphatic rings. The minimum atomic E-state index is -4.33. The quantitative estimate of drug-likeness (QED) is 0.618. The maximum absolute atomic E-state index is 12.7. The molecular weight excluding hydrogens is 355 g/mol. The number of hydrogen-bond acceptors (Lipinski definition) is 1. The third-order valence-electron chi connectivity index (χ3n) is 4.32. The van der Waals surface area contributed by atoms with E-state index in [9.17, 15) is 18.0 Å². The predicted molar refractivity (Wildman–Crippen MR) is 97.6 cm³/mol. The number of rotatable bonds is 5. The van der Waals surface area contributed by atoms with E-state index in [0.29, 0.717) is 13.0 Å². The van der Waals surface area contributed by atoms with Crippen LogP contribution in [0.3, 0.4) is 0 Å². The van der Waals surface area contributed by atoms with Crippen LogP contribution in [0.25, 0.3) is 10.9 Å². The molecule has 2 aromatic carbocycles. The molecule has 6 heteroatoms. The van der Waals surface area contributed by atoms with Gasteiger partial charge in [0.05, 0.1) is 5.56 Å². The van der Waals surface area contributed by atoms with Crippen LogP contribution in [-0.4, -0.2) is 15.6 Å². The summed E-state index contributed by atoms with van der Waals surface area (Å²) < 4.78 is 40.0. The minimum Gasteiger partial charge on any atom is -0.478 e. The van der Waals surface area contributed by atoms with Crippen LogP contribution in [-0.2, 0) is 23.9 Å². The minimum absolute atomic E-state index is 0.471. The van der Waals surface area contributed by atoms with Crippen LogP contribution >= 0.6 is 0 Å². The third kappa shape index (κ3) is 4.58. The van der Waals surface area contributed by atoms with Gasteiger partial charge in [0.25, 0.3) is 0 Å². The molecule has 3 rings (SSSR count). The summed E-state index contributed by atoms with van der Waals surface area (Å²) >= 11 is 0. The zero-order valence-electron chi connectivity index (χ0n) is 14.6. The van der Waals surface area contributed by atoms with Crippen molar-refractivity contribution in [2.75, 3.05) is 0 Å². The Morgan fingerprint density at radius 2 is 1.74 bits per heavy atom. The molecule has 1 aromatic heterocycles. The number of halogens is 3. The van der Waals surface area contributed by atoms with E-state index in [-0.39, 0.29) is 0 Å². The second kappa shape index (κ2) is 7.31. The Morgan fingerprint density at radius 1 is 1.07 bits per heavy atom. The van der Waals surface area contributed by atoms with Gasteiger partial charge in [0, 0.05) is 24.3 Å². The van der Waals surface area contributed by atoms with Gasteiger partial charge in [0.1, 0.15) is 0 Å². The van der Waals surface area contributed by atoms with Crippen LogP contribution in [0.5, 0.6) is 0 Å². The van der Waals surface area contributed by atoms with Gasteiger partial charge in [-0.05, 0) is 60.2 Å². The van der Waals surface area contributed by atoms with Gasteiger partial charge < -0.3 is 9.67 Å². The van der Waals surface area contributed by atoms with Crippen LogP contribution in [0.4, 0.5) is 13.2 Å². The molecule has 3 nitrogen and oxygen atoms in total. The molecule has 0 aliphatic heterocycles. The Bertz CT molecular complexity index is 998. The lowest BCUT2D eigenvalue weighted by molar-refractivity contribution is -0.137. The molecule has 0 fully saturated rings. The molecule has 140 valence electrons. The molecule has 0 saturated heterocycles. The standard InChI is InChI=1S/C21H18F3NO2/c1-14(11-20(26)27)10-16-4-7-19-17(12-16)8-9-25(19)13-15-2-5-18(6-3-15)21(22,23)24/h2-9,11-12H,10,13H2,1H3,(H,26,27). The second-order valence-electron chi connectivity index (χ2n) is 6.54. The van der Waals surface area contributed by atoms with Gasteiger partial charge in [-0.1, -0.05) is 23.8 Å². The van der Waals surface area contributed by atoms with Crippen molar-refractivity contribution in [2.45, 2.75) is 26.1 Å². The van der Waals surface area contributed by atoms with Crippen molar-refractivity contribution in [3.8, 4) is 0 Å². The summed E-state index contributed by atoms with van der Waals surface area (Å²) in [7, 11) is 0. The van der Waals surface area contributed by atoms with E-state index in [1.54, 1.807) is 6.92 Å². The Balaban J connectivity index is 1.79. The third-order valence-corrected chi connectivity index (χ3v) is 4.32. The smallest absolute Gasteiger partial charge is 0.416 e. The normalized spacial score (nSPS) is 12.5. The van der Waals surface area contributed by atoms with Crippen LogP contribution < -0.4 is 0 Å². The zero-order valence-corrected chi connectivity index (χ0v) is 14.6. The summed E-state index contributed by atoms with van der Waals surface area (Å²) in [6.07, 6.45) is -0.694. The fourth-order valence-corrected chi connectivity index (χ4v) is 3.08. The summed E-state index contributed by atoms with van der Waals surface area (Å²) in [5.41, 5.74) is 2.86. The van der Waals surface area contributed by atoms with Crippen LogP contribution in [0.15, 0.2) is 66.4 Å². The Morgan fingerprint density at radius 3 is 2.37 bits per heavy atom. The van der Waals surface area contributed by atoms with Crippen LogP contribution in [0.2, 0.25) is 0 Å². The van der Waals surface area contributed by atoms with E-state index >= 15 is 0 Å². The lowest BCUT2D eigenvalue weighted by Crippen LogP contribution is -2.05. The van der Waals surface area contributed by atoms with Crippen LogP contribution in [0.1, 0.15) is 23.6 Å². The molecule has 0 radical (unpaired) electrons. The number of benzene rings is 2. The van der Waals surface area contributed by atoms with Gasteiger partial charge in [-0.3, -0.25) is 0 Å². The highest BCUT2D eigenvalue weighted by Gasteiger charge is 2.29. The van der Waals surface area contributed by atoms with Gasteiger partial charge in [-0.15, -0.1) is 0 Å². The highest BCUT2D eigenvalue weighted by Crippen LogP contribution is 2.29. The molecule has 0 aliphatic carbocycles. The van der Waals surface area contributed by atoms with Crippen molar-refractivity contribution >= 4 is 16.9 Å². The van der Waals surface area contributed by atoms with Crippen molar-refractivity contribution in [3.05, 3.63) is 83.1 Å². The highest BCUT2D eigenvalue weighted by molar-refractivity contribution is 5.82. The number of aliphatic carboxylic acids is 1. The Hall–Kier alpha value is -3.02. The molecule has 1 N–H and O–H groups in total. The molecule has 0 saturated carbocycles. The van der Waals surface area contributed by atoms with Gasteiger partial charge in [0.2, 0.25) is 0 Å². The Kier molecular flexibility index (Phi) is 5.08. The van der Waals surface area contributed by atoms with Gasteiger partial charge >= 0.3 is 12.1 Å². The number of carbonyl (C=O) groups is 1. The summed E-state index contributed by atoms with van der Waals surface area (Å²) in [5, 5.41) is 9.80. The number of carboxylic acid groups (broad SMARTS) is 1. The van der Waals surface area contributed by atoms with Crippen molar-refractivity contribution in [1.82, 2.24) is 4.57 Å². The van der Waals surface area contributed by atoms with Gasteiger partial charge in [0.15, 0.2) is 0 Å². The zero-order chi connectivity index (χ0) is 19.6. The van der Waals surface area contributed by atoms with Crippen molar-refractivity contribution in [3.63, 3.8) is 0 Å². The molecular formula is C21H18F3NO2. The fourth-order valence-electron chi connectivity index (χ4n) is 3.08. The first-order valence-corrected chi connectivity index (χ1v) is 8.36. The first-order chi connectivity index (χ1) is 12.7. The number of aromatic nitrogens is 1. The summed E-state index contributed by atoms with van der Waals surface area (Å²) in [5.74, 6) is -0.962. The predicted octanol–water partition coefficient (Wildman–Crippen LogP) is 5.28. The fraction of sp³-hybridized carbons (Fsp3) is 0.190. The average molecular weight is 373 g/mol. The van der Waals surface area contributed by atoms with Crippen molar-refractivity contribution in [1.29, 1.82) is 0 Å². The molecule has 0 unspecified atom stereocenters. The van der Waals surface area contributed by atoms with E-state index < -0.39 is 17.7 Å². The number of fused-ring (bicyclic) bond motifs is 1. The number of hydrogen-bond donors (Lipinski definition) is 1. The molecule has 0 amide bonds. The monoisotopic (exact) mass is 373 g/mol. The van der Waals surface area contributed by atoms with Gasteiger partial charge in [-0.25, -0.2) is 4.79 Å². The highest BCUT2D eigenvalue weighted by atomic mass is 19.4. The van der Waals surface area contributed by atoms with Crippen molar-refractivity contribution < 1.29 is 23.1 Å². The van der Waals surface area contributed by atoms with E-state index in [2.05, 4.69) is 0 Å². The van der Waals surface area contributed by atoms with Crippen molar-refractivity contribution in [2.24, 2.45) is 0 Å². The lowest BCUT2D eigenvalue weighted by atomic mass is 10.0. The maximum Gasteiger partial charge on any atom is 0.416 e. The first-order valence-electron chi connectivity index (χ1n) is 8.36. The Labute approximate surface area is 154 Å². The average Bonchev–Trinajstić information content (AvgIpc) is 2.96. The number of carboxylic acids is 1. The molecule has 0 atom stereocenters. The maximum atomic E-state index is 12.7. The van der Waals surface area contributed by atoms with Crippen LogP contribution in [0, 0.1) is 0 Å². The van der Waals surface area contributed by atoms with E-state index in [0.717, 1.165) is 39.7 Å². The summed E-state index contributed by atoms with van der Waals surface area (Å²) in [6, 6.07) is 13.0. The van der Waals surface area contributed by atoms with E-state index in [4.69, 9.17) is 5.11 Å². The topological polar surface area (TPSA) is 42.2 Å². The molecule has 0 spiro atoms. The number of alkyl halides is 3. The summed E-state index contributed by atoms with van der Waals surface area (Å²) in [6.45, 7) is 2.24. The molecule has 0 bridgehead atoms. The van der Waals surface area contributed by atoms with E-state index in [1.165, 1.54) is 18.2 Å². The molecule has 27 heavy (non-hydrogen) atoms. The van der Waals surface area contributed by atoms with E-state index in [1.807, 2.05) is 35.0 Å². The number of allylic oxidation sites excluding steroid dienone is 1. The lowest BCUT2D eigenvalue weighted by Gasteiger charge is -2.09. The molecule has 1 heterocycles. The molecule has 3 aromatic rings. The first kappa shape index (κ1) is 18.8. The number of nitrogens with zero attached hydrogens (tertiary/aromatic N) is 1.